The molecule has 0 radical (unpaired) electrons. The van der Waals surface area contributed by atoms with Gasteiger partial charge in [-0.15, -0.1) is 0 Å². The predicted octanol–water partition coefficient (Wildman–Crippen LogP) is 2.54. The van der Waals surface area contributed by atoms with Crippen molar-refractivity contribution in [3.63, 3.8) is 0 Å². The first kappa shape index (κ1) is 14.5. The highest BCUT2D eigenvalue weighted by molar-refractivity contribution is 5.79. The van der Waals surface area contributed by atoms with Crippen LogP contribution in [0.1, 0.15) is 59.3 Å². The number of hydrogen-bond donors (Lipinski definition) is 1. The molecule has 0 aromatic carbocycles. The molecule has 2 unspecified atom stereocenters. The van der Waals surface area contributed by atoms with Crippen LogP contribution in [0.25, 0.3) is 0 Å². The van der Waals surface area contributed by atoms with Gasteiger partial charge in [-0.05, 0) is 39.5 Å². The van der Waals surface area contributed by atoms with Crippen LogP contribution < -0.4 is 5.73 Å². The van der Waals surface area contributed by atoms with Crippen LogP contribution in [-0.2, 0) is 4.79 Å². The topological polar surface area (TPSA) is 46.3 Å². The number of carbonyl (C=O) groups excluding carboxylic acids is 1. The van der Waals surface area contributed by atoms with E-state index in [-0.39, 0.29) is 12.0 Å². The minimum absolute atomic E-state index is 0.189. The van der Waals surface area contributed by atoms with Crippen LogP contribution >= 0.6 is 0 Å². The summed E-state index contributed by atoms with van der Waals surface area (Å²) in [6.07, 6.45) is 6.42. The molecule has 1 rings (SSSR count). The predicted molar refractivity (Wildman–Crippen MR) is 71.7 cm³/mol. The van der Waals surface area contributed by atoms with Crippen molar-refractivity contribution in [2.45, 2.75) is 71.4 Å². The summed E-state index contributed by atoms with van der Waals surface area (Å²) in [6.45, 7) is 7.32. The molecule has 1 aliphatic rings. The van der Waals surface area contributed by atoms with Gasteiger partial charge in [0.25, 0.3) is 0 Å². The van der Waals surface area contributed by atoms with Gasteiger partial charge in [-0.2, -0.15) is 0 Å². The molecule has 0 saturated heterocycles. The van der Waals surface area contributed by atoms with E-state index in [4.69, 9.17) is 5.73 Å². The summed E-state index contributed by atoms with van der Waals surface area (Å²) < 4.78 is 0. The van der Waals surface area contributed by atoms with Crippen molar-refractivity contribution in [3.8, 4) is 0 Å². The summed E-state index contributed by atoms with van der Waals surface area (Å²) in [5.74, 6) is 0.526. The van der Waals surface area contributed by atoms with E-state index in [9.17, 15) is 4.79 Å². The van der Waals surface area contributed by atoms with Crippen LogP contribution in [0.5, 0.6) is 0 Å². The summed E-state index contributed by atoms with van der Waals surface area (Å²) in [4.78, 5) is 14.5. The monoisotopic (exact) mass is 240 g/mol. The van der Waals surface area contributed by atoms with E-state index in [1.807, 2.05) is 0 Å². The highest BCUT2D eigenvalue weighted by atomic mass is 16.2. The van der Waals surface area contributed by atoms with Crippen molar-refractivity contribution in [1.29, 1.82) is 0 Å². The van der Waals surface area contributed by atoms with Gasteiger partial charge in [0.2, 0.25) is 5.91 Å². The highest BCUT2D eigenvalue weighted by Gasteiger charge is 2.31. The lowest BCUT2D eigenvalue weighted by molar-refractivity contribution is -0.137. The molecule has 0 aromatic heterocycles. The first-order valence-electron chi connectivity index (χ1n) is 7.12. The van der Waals surface area contributed by atoms with E-state index in [1.54, 1.807) is 0 Å². The maximum Gasteiger partial charge on any atom is 0.225 e. The molecule has 2 atom stereocenters. The van der Waals surface area contributed by atoms with Crippen LogP contribution in [0.4, 0.5) is 0 Å². The number of nitrogens with two attached hydrogens (primary N) is 1. The minimum Gasteiger partial charge on any atom is -0.340 e. The lowest BCUT2D eigenvalue weighted by atomic mass is 10.0. The minimum atomic E-state index is 0.189. The van der Waals surface area contributed by atoms with Crippen molar-refractivity contribution >= 4 is 5.91 Å². The maximum atomic E-state index is 12.4. The zero-order valence-electron chi connectivity index (χ0n) is 11.6. The molecule has 100 valence electrons. The van der Waals surface area contributed by atoms with Crippen LogP contribution in [0.3, 0.4) is 0 Å². The van der Waals surface area contributed by atoms with Crippen LogP contribution in [0, 0.1) is 5.92 Å². The lowest BCUT2D eigenvalue weighted by Crippen LogP contribution is -2.41. The second kappa shape index (κ2) is 7.00. The third kappa shape index (κ3) is 4.30. The maximum absolute atomic E-state index is 12.4. The summed E-state index contributed by atoms with van der Waals surface area (Å²) in [7, 11) is 0. The quantitative estimate of drug-likeness (QED) is 0.725. The Kier molecular flexibility index (Phi) is 5.96. The summed E-state index contributed by atoms with van der Waals surface area (Å²) in [6, 6.07) is 0.560. The zero-order chi connectivity index (χ0) is 12.8. The van der Waals surface area contributed by atoms with E-state index in [0.717, 1.165) is 32.2 Å². The molecule has 3 heteroatoms. The first-order chi connectivity index (χ1) is 8.06. The van der Waals surface area contributed by atoms with Gasteiger partial charge in [0.05, 0.1) is 0 Å². The molecule has 0 spiro atoms. The van der Waals surface area contributed by atoms with Gasteiger partial charge in [-0.1, -0.05) is 19.8 Å². The Balaban J connectivity index is 2.48. The van der Waals surface area contributed by atoms with Gasteiger partial charge >= 0.3 is 0 Å². The van der Waals surface area contributed by atoms with Crippen LogP contribution in [-0.4, -0.2) is 29.4 Å². The Morgan fingerprint density at radius 1 is 1.35 bits per heavy atom. The molecule has 1 fully saturated rings. The van der Waals surface area contributed by atoms with Crippen molar-refractivity contribution < 1.29 is 4.79 Å². The second-order valence-corrected chi connectivity index (χ2v) is 5.60. The molecule has 0 aliphatic heterocycles. The summed E-state index contributed by atoms with van der Waals surface area (Å²) >= 11 is 0. The van der Waals surface area contributed by atoms with Gasteiger partial charge in [0.15, 0.2) is 0 Å². The number of unbranched alkanes of at least 4 members (excludes halogenated alkanes) is 2. The molecule has 2 N–H and O–H groups in total. The first-order valence-corrected chi connectivity index (χ1v) is 7.12. The standard InChI is InChI=1S/C14H28N2O/c1-4-5-6-9-16(11(2)3)14(17)12-7-8-13(15)10-12/h11-13H,4-10,15H2,1-3H3. The smallest absolute Gasteiger partial charge is 0.225 e. The lowest BCUT2D eigenvalue weighted by Gasteiger charge is -2.29. The van der Waals surface area contributed by atoms with Crippen LogP contribution in [0.2, 0.25) is 0 Å². The van der Waals surface area contributed by atoms with E-state index < -0.39 is 0 Å². The molecule has 1 amide bonds. The fourth-order valence-electron chi connectivity index (χ4n) is 2.63. The largest absolute Gasteiger partial charge is 0.340 e. The second-order valence-electron chi connectivity index (χ2n) is 5.60. The Bertz CT molecular complexity index is 240. The van der Waals surface area contributed by atoms with Gasteiger partial charge in [0, 0.05) is 24.5 Å². The van der Waals surface area contributed by atoms with E-state index in [2.05, 4.69) is 25.7 Å². The number of rotatable bonds is 6. The number of nitrogens with zero attached hydrogens (tertiary/aromatic N) is 1. The Morgan fingerprint density at radius 3 is 2.53 bits per heavy atom. The van der Waals surface area contributed by atoms with Crippen molar-refractivity contribution in [3.05, 3.63) is 0 Å². The molecular weight excluding hydrogens is 212 g/mol. The molecular formula is C14H28N2O. The third-order valence-electron chi connectivity index (χ3n) is 3.73. The van der Waals surface area contributed by atoms with E-state index in [1.165, 1.54) is 12.8 Å². The van der Waals surface area contributed by atoms with E-state index in [0.29, 0.717) is 11.9 Å². The average molecular weight is 240 g/mol. The fourth-order valence-corrected chi connectivity index (χ4v) is 2.63. The van der Waals surface area contributed by atoms with Gasteiger partial charge in [-0.25, -0.2) is 0 Å². The normalized spacial score (nSPS) is 24.3. The molecule has 17 heavy (non-hydrogen) atoms. The summed E-state index contributed by atoms with van der Waals surface area (Å²) in [5.41, 5.74) is 5.89. The molecule has 1 aliphatic carbocycles. The summed E-state index contributed by atoms with van der Waals surface area (Å²) in [5, 5.41) is 0. The number of hydrogen-bond acceptors (Lipinski definition) is 2. The molecule has 0 heterocycles. The molecule has 3 nitrogen and oxygen atoms in total. The van der Waals surface area contributed by atoms with Gasteiger partial charge in [0.1, 0.15) is 0 Å². The Hall–Kier alpha value is -0.570. The number of amides is 1. The van der Waals surface area contributed by atoms with Crippen molar-refractivity contribution in [2.75, 3.05) is 6.54 Å². The fraction of sp³-hybridized carbons (Fsp3) is 0.929. The zero-order valence-corrected chi connectivity index (χ0v) is 11.6. The number of carbonyl (C=O) groups is 1. The highest BCUT2D eigenvalue weighted by Crippen LogP contribution is 2.26. The van der Waals surface area contributed by atoms with E-state index >= 15 is 0 Å². The van der Waals surface area contributed by atoms with Crippen molar-refractivity contribution in [2.24, 2.45) is 11.7 Å². The molecule has 0 aromatic rings. The Labute approximate surface area is 106 Å². The SMILES string of the molecule is CCCCCN(C(=O)C1CCC(N)C1)C(C)C. The average Bonchev–Trinajstić information content (AvgIpc) is 2.70. The van der Waals surface area contributed by atoms with Gasteiger partial charge < -0.3 is 10.6 Å². The van der Waals surface area contributed by atoms with Crippen LogP contribution in [0.15, 0.2) is 0 Å². The van der Waals surface area contributed by atoms with Gasteiger partial charge in [-0.3, -0.25) is 4.79 Å². The third-order valence-corrected chi connectivity index (χ3v) is 3.73. The molecule has 0 bridgehead atoms. The Morgan fingerprint density at radius 2 is 2.06 bits per heavy atom. The van der Waals surface area contributed by atoms with Crippen molar-refractivity contribution in [1.82, 2.24) is 4.90 Å². The molecule has 1 saturated carbocycles.